The lowest BCUT2D eigenvalue weighted by molar-refractivity contribution is -0.136. The summed E-state index contributed by atoms with van der Waals surface area (Å²) in [6, 6.07) is 4.88. The number of hydrogen-bond donors (Lipinski definition) is 0. The normalized spacial score (nSPS) is 12.1. The van der Waals surface area contributed by atoms with Gasteiger partial charge in [0.2, 0.25) is 0 Å². The first kappa shape index (κ1) is 11.5. The van der Waals surface area contributed by atoms with Crippen molar-refractivity contribution in [3.05, 3.63) is 40.0 Å². The lowest BCUT2D eigenvalue weighted by Crippen LogP contribution is -2.06. The summed E-state index contributed by atoms with van der Waals surface area (Å²) in [4.78, 5) is 3.80. The number of hydrogen-bond acceptors (Lipinski definition) is 1. The second-order valence-corrected chi connectivity index (χ2v) is 3.98. The van der Waals surface area contributed by atoms with Crippen molar-refractivity contribution in [2.24, 2.45) is 0 Å². The highest BCUT2D eigenvalue weighted by Gasteiger charge is 2.33. The van der Waals surface area contributed by atoms with Gasteiger partial charge >= 0.3 is 6.18 Å². The number of halogens is 5. The van der Waals surface area contributed by atoms with E-state index in [4.69, 9.17) is 23.2 Å². The van der Waals surface area contributed by atoms with Crippen LogP contribution in [-0.4, -0.2) is 4.98 Å². The van der Waals surface area contributed by atoms with Crippen LogP contribution in [0.2, 0.25) is 10.2 Å². The number of nitrogens with zero attached hydrogens (tertiary/aromatic N) is 1. The molecule has 0 aliphatic carbocycles. The Bertz CT molecular complexity index is 551. The molecule has 1 aromatic carbocycles. The van der Waals surface area contributed by atoms with Crippen LogP contribution < -0.4 is 0 Å². The molecule has 0 aliphatic rings. The Morgan fingerprint density at radius 1 is 1.06 bits per heavy atom. The van der Waals surface area contributed by atoms with E-state index < -0.39 is 11.7 Å². The quantitative estimate of drug-likeness (QED) is 0.637. The second kappa shape index (κ2) is 3.79. The van der Waals surface area contributed by atoms with Gasteiger partial charge in [-0.2, -0.15) is 13.2 Å². The Morgan fingerprint density at radius 3 is 2.38 bits per heavy atom. The van der Waals surface area contributed by atoms with Crippen molar-refractivity contribution in [3.8, 4) is 0 Å². The third-order valence-electron chi connectivity index (χ3n) is 2.04. The molecule has 0 aliphatic heterocycles. The highest BCUT2D eigenvalue weighted by molar-refractivity contribution is 6.31. The van der Waals surface area contributed by atoms with Crippen LogP contribution >= 0.6 is 23.2 Å². The molecule has 1 nitrogen and oxygen atoms in total. The zero-order valence-corrected chi connectivity index (χ0v) is 9.16. The smallest absolute Gasteiger partial charge is 0.236 e. The van der Waals surface area contributed by atoms with Gasteiger partial charge in [0, 0.05) is 10.4 Å². The van der Waals surface area contributed by atoms with Gasteiger partial charge in [-0.1, -0.05) is 23.2 Å². The van der Waals surface area contributed by atoms with E-state index in [0.29, 0.717) is 0 Å². The summed E-state index contributed by atoms with van der Waals surface area (Å²) in [5.41, 5.74) is -0.658. The molecule has 0 amide bonds. The van der Waals surface area contributed by atoms with Crippen molar-refractivity contribution in [1.29, 1.82) is 0 Å². The standard InChI is InChI=1S/C10H4Cl2F3N/c11-5-1-2-8-6(3-5)7(10(13,14)15)4-9(12)16-8/h1-4H. The third-order valence-corrected chi connectivity index (χ3v) is 2.47. The van der Waals surface area contributed by atoms with Crippen LogP contribution in [0.4, 0.5) is 13.2 Å². The van der Waals surface area contributed by atoms with E-state index >= 15 is 0 Å². The zero-order valence-electron chi connectivity index (χ0n) is 7.65. The van der Waals surface area contributed by atoms with Gasteiger partial charge in [-0.15, -0.1) is 0 Å². The summed E-state index contributed by atoms with van der Waals surface area (Å²) in [5, 5.41) is -0.0198. The molecule has 2 aromatic rings. The van der Waals surface area contributed by atoms with Gasteiger partial charge < -0.3 is 0 Å². The fourth-order valence-electron chi connectivity index (χ4n) is 1.40. The van der Waals surface area contributed by atoms with Gasteiger partial charge in [-0.3, -0.25) is 0 Å². The fourth-order valence-corrected chi connectivity index (χ4v) is 1.77. The van der Waals surface area contributed by atoms with Crippen molar-refractivity contribution >= 4 is 34.1 Å². The maximum Gasteiger partial charge on any atom is 0.417 e. The lowest BCUT2D eigenvalue weighted by Gasteiger charge is -2.10. The van der Waals surface area contributed by atoms with E-state index in [0.717, 1.165) is 6.07 Å². The summed E-state index contributed by atoms with van der Waals surface area (Å²) in [5.74, 6) is 0. The molecule has 84 valence electrons. The monoisotopic (exact) mass is 265 g/mol. The van der Waals surface area contributed by atoms with Gasteiger partial charge in [0.05, 0.1) is 11.1 Å². The first-order valence-corrected chi connectivity index (χ1v) is 4.96. The topological polar surface area (TPSA) is 12.9 Å². The SMILES string of the molecule is FC(F)(F)c1cc(Cl)nc2ccc(Cl)cc12. The number of pyridine rings is 1. The van der Waals surface area contributed by atoms with Gasteiger partial charge in [-0.25, -0.2) is 4.98 Å². The number of fused-ring (bicyclic) bond motifs is 1. The molecule has 1 heterocycles. The van der Waals surface area contributed by atoms with Crippen LogP contribution in [0.3, 0.4) is 0 Å². The van der Waals surface area contributed by atoms with E-state index in [2.05, 4.69) is 4.98 Å². The summed E-state index contributed by atoms with van der Waals surface area (Å²) in [6.07, 6.45) is -4.48. The number of benzene rings is 1. The van der Waals surface area contributed by atoms with Crippen LogP contribution in [0.1, 0.15) is 5.56 Å². The van der Waals surface area contributed by atoms with Gasteiger partial charge in [0.15, 0.2) is 0 Å². The highest BCUT2D eigenvalue weighted by atomic mass is 35.5. The molecule has 6 heteroatoms. The predicted molar refractivity (Wildman–Crippen MR) is 56.8 cm³/mol. The minimum absolute atomic E-state index is 0.0515. The van der Waals surface area contributed by atoms with Crippen molar-refractivity contribution in [1.82, 2.24) is 4.98 Å². The molecular formula is C10H4Cl2F3N. The van der Waals surface area contributed by atoms with Crippen LogP contribution in [-0.2, 0) is 6.18 Å². The fraction of sp³-hybridized carbons (Fsp3) is 0.100. The van der Waals surface area contributed by atoms with Crippen molar-refractivity contribution in [2.45, 2.75) is 6.18 Å². The Kier molecular flexibility index (Phi) is 2.72. The Hall–Kier alpha value is -1.00. The van der Waals surface area contributed by atoms with Crippen LogP contribution in [0, 0.1) is 0 Å². The Labute approximate surface area is 98.8 Å². The average molecular weight is 266 g/mol. The molecule has 0 N–H and O–H groups in total. The molecule has 0 radical (unpaired) electrons. The molecule has 0 spiro atoms. The number of alkyl halides is 3. The van der Waals surface area contributed by atoms with Crippen molar-refractivity contribution in [2.75, 3.05) is 0 Å². The number of rotatable bonds is 0. The average Bonchev–Trinajstić information content (AvgIpc) is 2.16. The number of aromatic nitrogens is 1. The lowest BCUT2D eigenvalue weighted by atomic mass is 10.1. The molecule has 0 unspecified atom stereocenters. The molecule has 0 saturated heterocycles. The minimum Gasteiger partial charge on any atom is -0.236 e. The largest absolute Gasteiger partial charge is 0.417 e. The van der Waals surface area contributed by atoms with Crippen LogP contribution in [0.15, 0.2) is 24.3 Å². The third kappa shape index (κ3) is 2.08. The molecule has 2 rings (SSSR count). The molecule has 0 fully saturated rings. The first-order valence-electron chi connectivity index (χ1n) is 4.21. The molecule has 0 atom stereocenters. The summed E-state index contributed by atoms with van der Waals surface area (Å²) in [6.45, 7) is 0. The van der Waals surface area contributed by atoms with E-state index in [9.17, 15) is 13.2 Å². The van der Waals surface area contributed by atoms with E-state index in [1.165, 1.54) is 18.2 Å². The van der Waals surface area contributed by atoms with Crippen LogP contribution in [0.5, 0.6) is 0 Å². The first-order chi connectivity index (χ1) is 7.38. The van der Waals surface area contributed by atoms with Crippen molar-refractivity contribution < 1.29 is 13.2 Å². The molecule has 0 saturated carbocycles. The zero-order chi connectivity index (χ0) is 11.9. The Balaban J connectivity index is 2.85. The van der Waals surface area contributed by atoms with Gasteiger partial charge in [0.1, 0.15) is 5.15 Å². The summed E-state index contributed by atoms with van der Waals surface area (Å²) >= 11 is 11.2. The van der Waals surface area contributed by atoms with E-state index in [1.807, 2.05) is 0 Å². The van der Waals surface area contributed by atoms with Crippen LogP contribution in [0.25, 0.3) is 10.9 Å². The summed E-state index contributed by atoms with van der Waals surface area (Å²) in [7, 11) is 0. The maximum absolute atomic E-state index is 12.7. The molecule has 16 heavy (non-hydrogen) atoms. The van der Waals surface area contributed by atoms with Crippen molar-refractivity contribution in [3.63, 3.8) is 0 Å². The summed E-state index contributed by atoms with van der Waals surface area (Å²) < 4.78 is 38.1. The molecule has 0 bridgehead atoms. The van der Waals surface area contributed by atoms with Gasteiger partial charge in [0.25, 0.3) is 0 Å². The minimum atomic E-state index is -4.48. The molecule has 1 aromatic heterocycles. The van der Waals surface area contributed by atoms with E-state index in [-0.39, 0.29) is 21.1 Å². The Morgan fingerprint density at radius 2 is 1.75 bits per heavy atom. The van der Waals surface area contributed by atoms with E-state index in [1.54, 1.807) is 0 Å². The van der Waals surface area contributed by atoms with Gasteiger partial charge in [-0.05, 0) is 24.3 Å². The molecular weight excluding hydrogens is 262 g/mol. The highest BCUT2D eigenvalue weighted by Crippen LogP contribution is 2.36. The predicted octanol–water partition coefficient (Wildman–Crippen LogP) is 4.56. The maximum atomic E-state index is 12.7. The second-order valence-electron chi connectivity index (χ2n) is 3.15.